The molecule has 0 atom stereocenters. The fourth-order valence-electron chi connectivity index (χ4n) is 1.57. The van der Waals surface area contributed by atoms with Gasteiger partial charge in [-0.05, 0) is 13.8 Å². The summed E-state index contributed by atoms with van der Waals surface area (Å²) in [6.45, 7) is 9.20. The van der Waals surface area contributed by atoms with Crippen LogP contribution in [0.25, 0.3) is 0 Å². The summed E-state index contributed by atoms with van der Waals surface area (Å²) >= 11 is 1.72. The monoisotopic (exact) mass is 451 g/mol. The van der Waals surface area contributed by atoms with Gasteiger partial charge < -0.3 is 15.5 Å². The largest absolute Gasteiger partial charge is 0.356 e. The Balaban J connectivity index is 0.00000484. The molecule has 23 heavy (non-hydrogen) atoms. The summed E-state index contributed by atoms with van der Waals surface area (Å²) in [6, 6.07) is 0. The van der Waals surface area contributed by atoms with Crippen molar-refractivity contribution < 1.29 is 4.79 Å². The highest BCUT2D eigenvalue weighted by atomic mass is 127. The summed E-state index contributed by atoms with van der Waals surface area (Å²) in [5, 5.41) is 7.42. The molecule has 6 nitrogen and oxygen atoms in total. The van der Waals surface area contributed by atoms with Gasteiger partial charge in [0, 0.05) is 38.5 Å². The van der Waals surface area contributed by atoms with Gasteiger partial charge >= 0.3 is 0 Å². The molecule has 0 fully saturated rings. The van der Waals surface area contributed by atoms with Gasteiger partial charge in [-0.15, -0.1) is 41.9 Å². The van der Waals surface area contributed by atoms with Crippen molar-refractivity contribution in [2.75, 3.05) is 33.7 Å². The van der Waals surface area contributed by atoms with Gasteiger partial charge in [-0.1, -0.05) is 6.08 Å². The van der Waals surface area contributed by atoms with Gasteiger partial charge in [0.2, 0.25) is 5.91 Å². The Kier molecular flexibility index (Phi) is 10.8. The smallest absolute Gasteiger partial charge is 0.243 e. The molecule has 1 aromatic heterocycles. The van der Waals surface area contributed by atoms with Gasteiger partial charge in [-0.3, -0.25) is 4.79 Å². The number of rotatable bonds is 7. The molecule has 0 saturated carbocycles. The summed E-state index contributed by atoms with van der Waals surface area (Å²) in [6.07, 6.45) is 2.58. The molecule has 1 rings (SSSR count). The fourth-order valence-corrected chi connectivity index (χ4v) is 2.50. The average Bonchev–Trinajstić information content (AvgIpc) is 2.79. The van der Waals surface area contributed by atoms with E-state index in [2.05, 4.69) is 34.1 Å². The second kappa shape index (κ2) is 11.4. The quantitative estimate of drug-likeness (QED) is 0.287. The van der Waals surface area contributed by atoms with E-state index in [9.17, 15) is 4.79 Å². The topological polar surface area (TPSA) is 69.6 Å². The number of hydrogen-bond donors (Lipinski definition) is 2. The van der Waals surface area contributed by atoms with Crippen LogP contribution in [0.2, 0.25) is 0 Å². The number of carbonyl (C=O) groups excluding carboxylic acids is 1. The first-order valence-electron chi connectivity index (χ1n) is 7.20. The highest BCUT2D eigenvalue weighted by Crippen LogP contribution is 2.16. The van der Waals surface area contributed by atoms with Crippen LogP contribution in [0.3, 0.4) is 0 Å². The fraction of sp³-hybridized carbons (Fsp3) is 0.533. The zero-order valence-electron chi connectivity index (χ0n) is 14.2. The van der Waals surface area contributed by atoms with E-state index >= 15 is 0 Å². The van der Waals surface area contributed by atoms with E-state index in [-0.39, 0.29) is 36.4 Å². The number of hydrogen-bond acceptors (Lipinski definition) is 4. The van der Waals surface area contributed by atoms with Crippen LogP contribution in [0.5, 0.6) is 0 Å². The molecule has 8 heteroatoms. The molecule has 0 spiro atoms. The minimum Gasteiger partial charge on any atom is -0.356 e. The van der Waals surface area contributed by atoms with Gasteiger partial charge in [0.15, 0.2) is 5.96 Å². The Morgan fingerprint density at radius 2 is 2.09 bits per heavy atom. The van der Waals surface area contributed by atoms with E-state index in [1.54, 1.807) is 31.5 Å². The third-order valence-electron chi connectivity index (χ3n) is 2.99. The minimum absolute atomic E-state index is 0. The van der Waals surface area contributed by atoms with Crippen LogP contribution in [0.15, 0.2) is 17.6 Å². The maximum absolute atomic E-state index is 11.6. The third-order valence-corrected chi connectivity index (χ3v) is 4.12. The van der Waals surface area contributed by atoms with E-state index in [0.717, 1.165) is 17.1 Å². The number of aryl methyl sites for hydroxylation is 2. The summed E-state index contributed by atoms with van der Waals surface area (Å²) in [4.78, 5) is 23.2. The molecule has 2 N–H and O–H groups in total. The first-order valence-corrected chi connectivity index (χ1v) is 8.01. The maximum atomic E-state index is 11.6. The van der Waals surface area contributed by atoms with E-state index < -0.39 is 0 Å². The number of aromatic nitrogens is 1. The summed E-state index contributed by atoms with van der Waals surface area (Å²) in [7, 11) is 3.44. The van der Waals surface area contributed by atoms with Crippen LogP contribution >= 0.6 is 35.3 Å². The Hall–Kier alpha value is -1.16. The normalized spacial score (nSPS) is 10.7. The highest BCUT2D eigenvalue weighted by molar-refractivity contribution is 14.0. The number of halogens is 1. The number of amides is 1. The second-order valence-corrected chi connectivity index (χ2v) is 6.34. The van der Waals surface area contributed by atoms with Crippen LogP contribution in [-0.2, 0) is 11.2 Å². The predicted octanol–water partition coefficient (Wildman–Crippen LogP) is 1.73. The van der Waals surface area contributed by atoms with Crippen molar-refractivity contribution >= 4 is 47.2 Å². The second-order valence-electron chi connectivity index (χ2n) is 5.05. The number of carbonyl (C=O) groups is 1. The van der Waals surface area contributed by atoms with Gasteiger partial charge in [0.25, 0.3) is 0 Å². The number of thiazole rings is 1. The molecule has 0 aliphatic carbocycles. The number of nitrogens with zero attached hydrogens (tertiary/aromatic N) is 3. The SMILES string of the molecule is C=CCNC(=NCC(=O)N(C)C)NCCc1nc(C)c(C)s1.I. The summed E-state index contributed by atoms with van der Waals surface area (Å²) in [5.41, 5.74) is 1.09. The highest BCUT2D eigenvalue weighted by Gasteiger charge is 2.06. The first kappa shape index (κ1) is 21.8. The van der Waals surface area contributed by atoms with Crippen molar-refractivity contribution in [1.29, 1.82) is 0 Å². The third kappa shape index (κ3) is 8.31. The molecule has 1 amide bonds. The van der Waals surface area contributed by atoms with Crippen molar-refractivity contribution in [2.45, 2.75) is 20.3 Å². The van der Waals surface area contributed by atoms with Gasteiger partial charge in [-0.25, -0.2) is 9.98 Å². The van der Waals surface area contributed by atoms with Crippen LogP contribution in [0, 0.1) is 13.8 Å². The molecule has 0 aliphatic rings. The van der Waals surface area contributed by atoms with Crippen molar-refractivity contribution in [1.82, 2.24) is 20.5 Å². The zero-order chi connectivity index (χ0) is 16.5. The van der Waals surface area contributed by atoms with Crippen molar-refractivity contribution in [2.24, 2.45) is 4.99 Å². The molecule has 130 valence electrons. The molecule has 0 bridgehead atoms. The standard InChI is InChI=1S/C15H25N5OS.HI/c1-6-8-16-15(18-10-14(21)20(4)5)17-9-7-13-19-11(2)12(3)22-13;/h6H,1,7-10H2,2-5H3,(H2,16,17,18);1H. The molecule has 0 unspecified atom stereocenters. The van der Waals surface area contributed by atoms with Gasteiger partial charge in [-0.2, -0.15) is 0 Å². The molecule has 0 saturated heterocycles. The Labute approximate surface area is 159 Å². The molecular weight excluding hydrogens is 425 g/mol. The Morgan fingerprint density at radius 3 is 2.61 bits per heavy atom. The maximum Gasteiger partial charge on any atom is 0.243 e. The number of guanidine groups is 1. The molecule has 1 aromatic rings. The van der Waals surface area contributed by atoms with Gasteiger partial charge in [0.05, 0.1) is 10.7 Å². The lowest BCUT2D eigenvalue weighted by atomic mass is 10.4. The van der Waals surface area contributed by atoms with E-state index in [1.165, 1.54) is 9.78 Å². The minimum atomic E-state index is -0.0362. The number of likely N-dealkylation sites (N-methyl/N-ethyl adjacent to an activating group) is 1. The Bertz CT molecular complexity index is 522. The lowest BCUT2D eigenvalue weighted by Crippen LogP contribution is -2.39. The molecule has 0 aromatic carbocycles. The molecule has 0 radical (unpaired) electrons. The lowest BCUT2D eigenvalue weighted by Gasteiger charge is -2.12. The molecule has 1 heterocycles. The summed E-state index contributed by atoms with van der Waals surface area (Å²) < 4.78 is 0. The predicted molar refractivity (Wildman–Crippen MR) is 108 cm³/mol. The van der Waals surface area contributed by atoms with E-state index in [0.29, 0.717) is 19.0 Å². The van der Waals surface area contributed by atoms with Crippen LogP contribution in [0.4, 0.5) is 0 Å². The van der Waals surface area contributed by atoms with E-state index in [1.807, 2.05) is 6.92 Å². The van der Waals surface area contributed by atoms with Crippen LogP contribution in [0.1, 0.15) is 15.6 Å². The summed E-state index contributed by atoms with van der Waals surface area (Å²) in [5.74, 6) is 0.575. The lowest BCUT2D eigenvalue weighted by molar-refractivity contribution is -0.127. The van der Waals surface area contributed by atoms with Crippen molar-refractivity contribution in [3.8, 4) is 0 Å². The van der Waals surface area contributed by atoms with Crippen molar-refractivity contribution in [3.63, 3.8) is 0 Å². The van der Waals surface area contributed by atoms with Crippen molar-refractivity contribution in [3.05, 3.63) is 28.2 Å². The average molecular weight is 451 g/mol. The number of aliphatic imine (C=N–C) groups is 1. The first-order chi connectivity index (χ1) is 10.4. The zero-order valence-corrected chi connectivity index (χ0v) is 17.3. The van der Waals surface area contributed by atoms with Crippen LogP contribution in [-0.4, -0.2) is 55.5 Å². The molecular formula is C15H26IN5OS. The van der Waals surface area contributed by atoms with Crippen LogP contribution < -0.4 is 10.6 Å². The number of nitrogens with one attached hydrogen (secondary N) is 2. The van der Waals surface area contributed by atoms with Gasteiger partial charge in [0.1, 0.15) is 6.54 Å². The van der Waals surface area contributed by atoms with E-state index in [4.69, 9.17) is 0 Å². The molecule has 0 aliphatic heterocycles. The Morgan fingerprint density at radius 1 is 1.39 bits per heavy atom.